The Morgan fingerprint density at radius 3 is 2.80 bits per heavy atom. The molecule has 0 fully saturated rings. The zero-order valence-corrected chi connectivity index (χ0v) is 5.41. The smallest absolute Gasteiger partial charge is 0.267 e. The molecule has 0 atom stereocenters. The molecule has 4 nitrogen and oxygen atoms in total. The highest BCUT2D eigenvalue weighted by Gasteiger charge is 2.10. The van der Waals surface area contributed by atoms with Gasteiger partial charge in [-0.15, -0.1) is 0 Å². The van der Waals surface area contributed by atoms with Gasteiger partial charge in [0.1, 0.15) is 0 Å². The fourth-order valence-corrected chi connectivity index (χ4v) is 0.835. The van der Waals surface area contributed by atoms with Crippen molar-refractivity contribution in [1.29, 1.82) is 0 Å². The molecule has 0 aromatic heterocycles. The first-order valence-corrected chi connectivity index (χ1v) is 3.01. The molecule has 1 aliphatic carbocycles. The molecule has 0 heterocycles. The normalized spacial score (nSPS) is 17.6. The van der Waals surface area contributed by atoms with Gasteiger partial charge >= 0.3 is 0 Å². The van der Waals surface area contributed by atoms with Crippen LogP contribution in [0, 0.1) is 10.1 Å². The number of rotatable bonds is 1. The number of nitrogens with zero attached hydrogens (tertiary/aromatic N) is 1. The first-order valence-electron chi connectivity index (χ1n) is 3.01. The molecule has 54 valence electrons. The Bertz CT molecular complexity index is 218. The van der Waals surface area contributed by atoms with Crippen molar-refractivity contribution in [2.24, 2.45) is 5.73 Å². The molecule has 10 heavy (non-hydrogen) atoms. The monoisotopic (exact) mass is 140 g/mol. The zero-order valence-electron chi connectivity index (χ0n) is 5.41. The van der Waals surface area contributed by atoms with Crippen LogP contribution in [0.5, 0.6) is 0 Å². The lowest BCUT2D eigenvalue weighted by Crippen LogP contribution is -2.06. The Labute approximate surface area is 58.2 Å². The van der Waals surface area contributed by atoms with Gasteiger partial charge in [-0.3, -0.25) is 10.1 Å². The summed E-state index contributed by atoms with van der Waals surface area (Å²) in [6.45, 7) is 0. The summed E-state index contributed by atoms with van der Waals surface area (Å²) in [5.41, 5.74) is 6.09. The molecule has 0 radical (unpaired) electrons. The van der Waals surface area contributed by atoms with Gasteiger partial charge in [0, 0.05) is 11.8 Å². The highest BCUT2D eigenvalue weighted by molar-refractivity contribution is 5.20. The molecule has 1 aliphatic rings. The van der Waals surface area contributed by atoms with Crippen molar-refractivity contribution < 1.29 is 4.92 Å². The predicted molar refractivity (Wildman–Crippen MR) is 36.6 cm³/mol. The van der Waals surface area contributed by atoms with Gasteiger partial charge in [-0.25, -0.2) is 0 Å². The average molecular weight is 140 g/mol. The van der Waals surface area contributed by atoms with Crippen LogP contribution in [-0.4, -0.2) is 4.92 Å². The molecule has 0 saturated heterocycles. The third-order valence-electron chi connectivity index (χ3n) is 1.33. The molecule has 0 unspecified atom stereocenters. The van der Waals surface area contributed by atoms with Gasteiger partial charge in [-0.1, -0.05) is 0 Å². The van der Waals surface area contributed by atoms with Crippen molar-refractivity contribution in [3.63, 3.8) is 0 Å². The molecule has 0 amide bonds. The largest absolute Gasteiger partial charge is 0.402 e. The van der Waals surface area contributed by atoms with Gasteiger partial charge in [0.2, 0.25) is 0 Å². The zero-order chi connectivity index (χ0) is 7.56. The number of hydrogen-bond donors (Lipinski definition) is 1. The minimum Gasteiger partial charge on any atom is -0.402 e. The Balaban J connectivity index is 2.79. The van der Waals surface area contributed by atoms with Crippen molar-refractivity contribution in [1.82, 2.24) is 0 Å². The molecule has 0 saturated carbocycles. The van der Waals surface area contributed by atoms with Crippen molar-refractivity contribution in [2.45, 2.75) is 12.8 Å². The van der Waals surface area contributed by atoms with E-state index in [1.165, 1.54) is 6.08 Å². The summed E-state index contributed by atoms with van der Waals surface area (Å²) in [5.74, 6) is 0. The quantitative estimate of drug-likeness (QED) is 0.432. The number of hydrogen-bond acceptors (Lipinski definition) is 3. The van der Waals surface area contributed by atoms with E-state index in [0.717, 1.165) is 6.42 Å². The van der Waals surface area contributed by atoms with Gasteiger partial charge < -0.3 is 5.73 Å². The Morgan fingerprint density at radius 1 is 1.70 bits per heavy atom. The van der Waals surface area contributed by atoms with Crippen LogP contribution in [0.15, 0.2) is 23.5 Å². The minimum atomic E-state index is -0.425. The SMILES string of the molecule is NC1=CC([N+](=O)[O-])=CCC1. The van der Waals surface area contributed by atoms with E-state index in [9.17, 15) is 10.1 Å². The summed E-state index contributed by atoms with van der Waals surface area (Å²) < 4.78 is 0. The summed E-state index contributed by atoms with van der Waals surface area (Å²) in [4.78, 5) is 9.71. The van der Waals surface area contributed by atoms with Crippen LogP contribution in [0.25, 0.3) is 0 Å². The third kappa shape index (κ3) is 1.34. The van der Waals surface area contributed by atoms with Gasteiger partial charge in [0.15, 0.2) is 0 Å². The lowest BCUT2D eigenvalue weighted by Gasteiger charge is -2.02. The van der Waals surface area contributed by atoms with E-state index in [1.54, 1.807) is 6.08 Å². The average Bonchev–Trinajstić information content (AvgIpc) is 1.88. The molecule has 0 bridgehead atoms. The Hall–Kier alpha value is -1.32. The Kier molecular flexibility index (Phi) is 1.71. The highest BCUT2D eigenvalue weighted by atomic mass is 16.6. The van der Waals surface area contributed by atoms with E-state index in [0.29, 0.717) is 12.1 Å². The molecule has 2 N–H and O–H groups in total. The standard InChI is InChI=1S/C6H8N2O2/c7-5-2-1-3-6(4-5)8(9)10/h3-4H,1-2,7H2. The lowest BCUT2D eigenvalue weighted by molar-refractivity contribution is -0.419. The number of allylic oxidation sites excluding steroid dienone is 3. The first-order chi connectivity index (χ1) is 4.70. The topological polar surface area (TPSA) is 69.2 Å². The van der Waals surface area contributed by atoms with Crippen LogP contribution in [-0.2, 0) is 0 Å². The van der Waals surface area contributed by atoms with E-state index in [1.807, 2.05) is 0 Å². The van der Waals surface area contributed by atoms with E-state index in [-0.39, 0.29) is 5.70 Å². The van der Waals surface area contributed by atoms with E-state index < -0.39 is 4.92 Å². The van der Waals surface area contributed by atoms with Crippen molar-refractivity contribution >= 4 is 0 Å². The second-order valence-corrected chi connectivity index (χ2v) is 2.14. The Morgan fingerprint density at radius 2 is 2.40 bits per heavy atom. The summed E-state index contributed by atoms with van der Waals surface area (Å²) in [6.07, 6.45) is 4.40. The maximum atomic E-state index is 10.1. The summed E-state index contributed by atoms with van der Waals surface area (Å²) >= 11 is 0. The van der Waals surface area contributed by atoms with Crippen LogP contribution >= 0.6 is 0 Å². The molecule has 0 aliphatic heterocycles. The number of nitrogens with two attached hydrogens (primary N) is 1. The third-order valence-corrected chi connectivity index (χ3v) is 1.33. The van der Waals surface area contributed by atoms with Gasteiger partial charge in [-0.05, 0) is 18.9 Å². The van der Waals surface area contributed by atoms with Crippen LogP contribution in [0.4, 0.5) is 0 Å². The van der Waals surface area contributed by atoms with E-state index in [4.69, 9.17) is 5.73 Å². The molecule has 4 heteroatoms. The van der Waals surface area contributed by atoms with Gasteiger partial charge in [0.05, 0.1) is 4.92 Å². The molecular weight excluding hydrogens is 132 g/mol. The predicted octanol–water partition coefficient (Wildman–Crippen LogP) is 0.783. The van der Waals surface area contributed by atoms with Gasteiger partial charge in [-0.2, -0.15) is 0 Å². The maximum absolute atomic E-state index is 10.1. The van der Waals surface area contributed by atoms with Crippen molar-refractivity contribution in [3.05, 3.63) is 33.7 Å². The van der Waals surface area contributed by atoms with Crippen molar-refractivity contribution in [3.8, 4) is 0 Å². The summed E-state index contributed by atoms with van der Waals surface area (Å²) in [6, 6.07) is 0. The molecular formula is C6H8N2O2. The fraction of sp³-hybridized carbons (Fsp3) is 0.333. The van der Waals surface area contributed by atoms with Crippen LogP contribution < -0.4 is 5.73 Å². The number of nitro groups is 1. The van der Waals surface area contributed by atoms with Gasteiger partial charge in [0.25, 0.3) is 5.70 Å². The molecule has 0 aromatic rings. The summed E-state index contributed by atoms with van der Waals surface area (Å²) in [5, 5.41) is 10.1. The minimum absolute atomic E-state index is 0.115. The maximum Gasteiger partial charge on any atom is 0.267 e. The summed E-state index contributed by atoms with van der Waals surface area (Å²) in [7, 11) is 0. The molecule has 1 rings (SSSR count). The fourth-order valence-electron chi connectivity index (χ4n) is 0.835. The van der Waals surface area contributed by atoms with E-state index >= 15 is 0 Å². The highest BCUT2D eigenvalue weighted by Crippen LogP contribution is 2.12. The second-order valence-electron chi connectivity index (χ2n) is 2.14. The van der Waals surface area contributed by atoms with E-state index in [2.05, 4.69) is 0 Å². The first kappa shape index (κ1) is 6.80. The van der Waals surface area contributed by atoms with Crippen LogP contribution in [0.1, 0.15) is 12.8 Å². The molecule has 0 spiro atoms. The lowest BCUT2D eigenvalue weighted by atomic mass is 10.1. The second kappa shape index (κ2) is 2.51. The van der Waals surface area contributed by atoms with Crippen LogP contribution in [0.3, 0.4) is 0 Å². The van der Waals surface area contributed by atoms with Crippen LogP contribution in [0.2, 0.25) is 0 Å². The van der Waals surface area contributed by atoms with Crippen molar-refractivity contribution in [2.75, 3.05) is 0 Å². The molecule has 0 aromatic carbocycles.